The van der Waals surface area contributed by atoms with E-state index in [0.29, 0.717) is 5.57 Å². The van der Waals surface area contributed by atoms with Crippen LogP contribution in [0.15, 0.2) is 62.4 Å². The van der Waals surface area contributed by atoms with Crippen molar-refractivity contribution in [2.24, 2.45) is 4.40 Å². The highest BCUT2D eigenvalue weighted by Gasteiger charge is 2.18. The summed E-state index contributed by atoms with van der Waals surface area (Å²) in [7, 11) is -3.80. The maximum absolute atomic E-state index is 12.0. The Hall–Kier alpha value is -1.72. The molecule has 98 valence electrons. The number of ketones is 1. The number of hydrogen-bond acceptors (Lipinski definition) is 3. The number of halogens is 1. The van der Waals surface area contributed by atoms with Crippen LogP contribution in [0.3, 0.4) is 0 Å². The SMILES string of the molecule is CC1=C/C(=N\S(=O)(=O)c2ccccc2)C=C(Cl)C1=O. The molecule has 1 aliphatic rings. The van der Waals surface area contributed by atoms with E-state index in [-0.39, 0.29) is 21.4 Å². The van der Waals surface area contributed by atoms with Gasteiger partial charge in [0.15, 0.2) is 5.78 Å². The number of hydrogen-bond donors (Lipinski definition) is 0. The fraction of sp³-hybridized carbons (Fsp3) is 0.0769. The fourth-order valence-electron chi connectivity index (χ4n) is 1.55. The summed E-state index contributed by atoms with van der Waals surface area (Å²) in [6.07, 6.45) is 2.64. The zero-order chi connectivity index (χ0) is 14.0. The normalized spacial score (nSPS) is 18.2. The van der Waals surface area contributed by atoms with Gasteiger partial charge in [0.1, 0.15) is 0 Å². The largest absolute Gasteiger partial charge is 0.288 e. The number of carbonyl (C=O) groups is 1. The number of Topliss-reactive ketones (excluding diaryl/α,β-unsaturated/α-hetero) is 1. The standard InChI is InChI=1S/C13H10ClNO3S/c1-9-7-10(8-12(14)13(9)16)15-19(17,18)11-5-3-2-4-6-11/h2-8H,1H3/b15-10+. The number of sulfonamides is 1. The molecule has 1 aliphatic carbocycles. The lowest BCUT2D eigenvalue weighted by molar-refractivity contribution is -0.111. The second-order valence-corrected chi connectivity index (χ2v) is 5.96. The molecule has 0 bridgehead atoms. The Balaban J connectivity index is 2.46. The smallest absolute Gasteiger partial charge is 0.282 e. The molecule has 0 radical (unpaired) electrons. The van der Waals surface area contributed by atoms with Crippen LogP contribution in [0.5, 0.6) is 0 Å². The van der Waals surface area contributed by atoms with E-state index in [1.165, 1.54) is 24.3 Å². The van der Waals surface area contributed by atoms with Gasteiger partial charge in [-0.1, -0.05) is 29.8 Å². The molecule has 0 atom stereocenters. The van der Waals surface area contributed by atoms with Crippen LogP contribution < -0.4 is 0 Å². The third-order valence-electron chi connectivity index (χ3n) is 2.48. The van der Waals surface area contributed by atoms with E-state index in [2.05, 4.69) is 4.40 Å². The van der Waals surface area contributed by atoms with Crippen molar-refractivity contribution in [2.75, 3.05) is 0 Å². The third kappa shape index (κ3) is 3.00. The lowest BCUT2D eigenvalue weighted by atomic mass is 10.1. The van der Waals surface area contributed by atoms with E-state index in [0.717, 1.165) is 0 Å². The molecule has 0 aromatic heterocycles. The van der Waals surface area contributed by atoms with Gasteiger partial charge in [-0.15, -0.1) is 0 Å². The molecular weight excluding hydrogens is 286 g/mol. The highest BCUT2D eigenvalue weighted by Crippen LogP contribution is 2.18. The summed E-state index contributed by atoms with van der Waals surface area (Å²) in [5.41, 5.74) is 0.500. The van der Waals surface area contributed by atoms with E-state index in [9.17, 15) is 13.2 Å². The van der Waals surface area contributed by atoms with Crippen LogP contribution in [0, 0.1) is 0 Å². The minimum Gasteiger partial charge on any atom is -0.288 e. The third-order valence-corrected chi connectivity index (χ3v) is 4.08. The molecule has 0 heterocycles. The Morgan fingerprint density at radius 2 is 1.74 bits per heavy atom. The van der Waals surface area contributed by atoms with E-state index in [4.69, 9.17) is 11.6 Å². The molecule has 0 aliphatic heterocycles. The van der Waals surface area contributed by atoms with Crippen molar-refractivity contribution >= 4 is 33.1 Å². The minimum absolute atomic E-state index is 0.0398. The molecule has 1 aromatic carbocycles. The van der Waals surface area contributed by atoms with Crippen LogP contribution in [-0.4, -0.2) is 19.9 Å². The number of rotatable bonds is 2. The van der Waals surface area contributed by atoms with Gasteiger partial charge < -0.3 is 0 Å². The summed E-state index contributed by atoms with van der Waals surface area (Å²) < 4.78 is 27.7. The van der Waals surface area contributed by atoms with Crippen LogP contribution in [-0.2, 0) is 14.8 Å². The van der Waals surface area contributed by atoms with E-state index in [1.807, 2.05) is 0 Å². The summed E-state index contributed by atoms with van der Waals surface area (Å²) in [5, 5.41) is -0.0398. The molecule has 0 spiro atoms. The molecule has 1 aromatic rings. The molecule has 0 fully saturated rings. The first-order chi connectivity index (χ1) is 8.90. The van der Waals surface area contributed by atoms with Gasteiger partial charge in [0, 0.05) is 5.57 Å². The number of nitrogens with zero attached hydrogens (tertiary/aromatic N) is 1. The van der Waals surface area contributed by atoms with Gasteiger partial charge in [0.25, 0.3) is 10.0 Å². The van der Waals surface area contributed by atoms with Crippen LogP contribution in [0.1, 0.15) is 6.92 Å². The average molecular weight is 296 g/mol. The van der Waals surface area contributed by atoms with Gasteiger partial charge in [0.05, 0.1) is 15.6 Å². The number of allylic oxidation sites excluding steroid dienone is 4. The molecule has 19 heavy (non-hydrogen) atoms. The maximum atomic E-state index is 12.0. The number of benzene rings is 1. The first-order valence-electron chi connectivity index (χ1n) is 5.40. The van der Waals surface area contributed by atoms with E-state index >= 15 is 0 Å². The minimum atomic E-state index is -3.80. The molecule has 4 nitrogen and oxygen atoms in total. The molecule has 0 unspecified atom stereocenters. The summed E-state index contributed by atoms with van der Waals surface area (Å²) in [5.74, 6) is -0.322. The zero-order valence-electron chi connectivity index (χ0n) is 10.00. The van der Waals surface area contributed by atoms with Crippen molar-refractivity contribution in [3.05, 3.63) is 53.1 Å². The van der Waals surface area contributed by atoms with E-state index < -0.39 is 10.0 Å². The van der Waals surface area contributed by atoms with Gasteiger partial charge in [-0.05, 0) is 31.2 Å². The quantitative estimate of drug-likeness (QED) is 0.787. The highest BCUT2D eigenvalue weighted by atomic mass is 35.5. The second-order valence-electron chi connectivity index (χ2n) is 3.95. The molecule has 0 saturated heterocycles. The molecule has 0 amide bonds. The van der Waals surface area contributed by atoms with Gasteiger partial charge in [0.2, 0.25) is 0 Å². The molecular formula is C13H10ClNO3S. The van der Waals surface area contributed by atoms with Crippen LogP contribution in [0.2, 0.25) is 0 Å². The monoisotopic (exact) mass is 295 g/mol. The van der Waals surface area contributed by atoms with Crippen LogP contribution in [0.4, 0.5) is 0 Å². The first kappa shape index (κ1) is 13.7. The Bertz CT molecular complexity index is 692. The Morgan fingerprint density at radius 3 is 2.32 bits per heavy atom. The maximum Gasteiger partial charge on any atom is 0.282 e. The molecule has 0 N–H and O–H groups in total. The Morgan fingerprint density at radius 1 is 1.11 bits per heavy atom. The Labute approximate surface area is 116 Å². The van der Waals surface area contributed by atoms with Crippen molar-refractivity contribution in [2.45, 2.75) is 11.8 Å². The first-order valence-corrected chi connectivity index (χ1v) is 7.22. The van der Waals surface area contributed by atoms with Crippen molar-refractivity contribution in [1.82, 2.24) is 0 Å². The molecule has 2 rings (SSSR count). The van der Waals surface area contributed by atoms with Gasteiger partial charge in [-0.25, -0.2) is 0 Å². The summed E-state index contributed by atoms with van der Waals surface area (Å²) in [4.78, 5) is 11.5. The summed E-state index contributed by atoms with van der Waals surface area (Å²) in [6, 6.07) is 7.85. The van der Waals surface area contributed by atoms with Crippen molar-refractivity contribution in [3.63, 3.8) is 0 Å². The van der Waals surface area contributed by atoms with Gasteiger partial charge in [-0.3, -0.25) is 4.79 Å². The molecule has 0 saturated carbocycles. The Kier molecular flexibility index (Phi) is 3.68. The van der Waals surface area contributed by atoms with Crippen LogP contribution >= 0.6 is 11.6 Å². The lowest BCUT2D eigenvalue weighted by Gasteiger charge is -2.07. The number of carbonyl (C=O) groups excluding carboxylic acids is 1. The average Bonchev–Trinajstić information content (AvgIpc) is 2.36. The van der Waals surface area contributed by atoms with Gasteiger partial charge >= 0.3 is 0 Å². The zero-order valence-corrected chi connectivity index (χ0v) is 11.6. The van der Waals surface area contributed by atoms with Gasteiger partial charge in [-0.2, -0.15) is 12.8 Å². The van der Waals surface area contributed by atoms with E-state index in [1.54, 1.807) is 25.1 Å². The summed E-state index contributed by atoms with van der Waals surface area (Å²) >= 11 is 5.73. The second kappa shape index (κ2) is 5.11. The van der Waals surface area contributed by atoms with Crippen LogP contribution in [0.25, 0.3) is 0 Å². The van der Waals surface area contributed by atoms with Crippen molar-refractivity contribution in [3.8, 4) is 0 Å². The summed E-state index contributed by atoms with van der Waals surface area (Å²) in [6.45, 7) is 1.56. The highest BCUT2D eigenvalue weighted by molar-refractivity contribution is 7.90. The predicted molar refractivity (Wildman–Crippen MR) is 73.8 cm³/mol. The fourth-order valence-corrected chi connectivity index (χ4v) is 2.80. The van der Waals surface area contributed by atoms with Crippen molar-refractivity contribution in [1.29, 1.82) is 0 Å². The predicted octanol–water partition coefficient (Wildman–Crippen LogP) is 2.47. The topological polar surface area (TPSA) is 63.6 Å². The molecule has 6 heteroatoms. The van der Waals surface area contributed by atoms with Crippen molar-refractivity contribution < 1.29 is 13.2 Å². The lowest BCUT2D eigenvalue weighted by Crippen LogP contribution is -2.11.